The van der Waals surface area contributed by atoms with E-state index in [1.54, 1.807) is 48.0 Å². The number of sulfonamides is 1. The first-order chi connectivity index (χ1) is 16.3. The SMILES string of the molecule is CC(C)c1nccn1Cc1cccc(NC(=O)Cc2ccc(NS(=O)(=O)c3cccs3)cc2)c1. The van der Waals surface area contributed by atoms with Gasteiger partial charge in [0.2, 0.25) is 5.91 Å². The molecular formula is C25H26N4O3S2. The summed E-state index contributed by atoms with van der Waals surface area (Å²) >= 11 is 1.16. The van der Waals surface area contributed by atoms with E-state index in [4.69, 9.17) is 0 Å². The van der Waals surface area contributed by atoms with Crippen LogP contribution in [-0.4, -0.2) is 23.9 Å². The Morgan fingerprint density at radius 3 is 2.53 bits per heavy atom. The van der Waals surface area contributed by atoms with E-state index in [1.165, 1.54) is 0 Å². The normalized spacial score (nSPS) is 11.5. The summed E-state index contributed by atoms with van der Waals surface area (Å²) in [5.74, 6) is 1.21. The summed E-state index contributed by atoms with van der Waals surface area (Å²) in [4.78, 5) is 17.0. The summed E-state index contributed by atoms with van der Waals surface area (Å²) in [5, 5.41) is 4.66. The van der Waals surface area contributed by atoms with Crippen molar-refractivity contribution in [3.8, 4) is 0 Å². The number of hydrogen-bond acceptors (Lipinski definition) is 5. The second-order valence-electron chi connectivity index (χ2n) is 8.23. The number of aromatic nitrogens is 2. The van der Waals surface area contributed by atoms with Crippen LogP contribution in [0.15, 0.2) is 82.6 Å². The van der Waals surface area contributed by atoms with Gasteiger partial charge in [-0.2, -0.15) is 0 Å². The fourth-order valence-electron chi connectivity index (χ4n) is 3.60. The van der Waals surface area contributed by atoms with Crippen molar-refractivity contribution in [1.82, 2.24) is 9.55 Å². The Hall–Kier alpha value is -3.43. The number of rotatable bonds is 9. The topological polar surface area (TPSA) is 93.1 Å². The van der Waals surface area contributed by atoms with Crippen molar-refractivity contribution in [2.75, 3.05) is 10.0 Å². The third kappa shape index (κ3) is 5.92. The predicted molar refractivity (Wildman–Crippen MR) is 136 cm³/mol. The van der Waals surface area contributed by atoms with Gasteiger partial charge in [-0.3, -0.25) is 9.52 Å². The van der Waals surface area contributed by atoms with Gasteiger partial charge >= 0.3 is 0 Å². The van der Waals surface area contributed by atoms with Gasteiger partial charge in [-0.05, 0) is 46.8 Å². The quantitative estimate of drug-likeness (QED) is 0.339. The molecular weight excluding hydrogens is 468 g/mol. The van der Waals surface area contributed by atoms with E-state index >= 15 is 0 Å². The Balaban J connectivity index is 1.35. The second kappa shape index (κ2) is 10.2. The maximum Gasteiger partial charge on any atom is 0.271 e. The van der Waals surface area contributed by atoms with Gasteiger partial charge < -0.3 is 9.88 Å². The molecule has 0 aliphatic rings. The van der Waals surface area contributed by atoms with Crippen molar-refractivity contribution in [2.45, 2.75) is 36.9 Å². The molecule has 0 radical (unpaired) electrons. The van der Waals surface area contributed by atoms with Crippen molar-refractivity contribution in [2.24, 2.45) is 0 Å². The van der Waals surface area contributed by atoms with E-state index in [0.717, 1.165) is 34.0 Å². The average Bonchev–Trinajstić information content (AvgIpc) is 3.48. The van der Waals surface area contributed by atoms with Crippen molar-refractivity contribution in [1.29, 1.82) is 0 Å². The molecule has 0 spiro atoms. The van der Waals surface area contributed by atoms with Gasteiger partial charge in [0.25, 0.3) is 10.0 Å². The van der Waals surface area contributed by atoms with Crippen LogP contribution in [0.5, 0.6) is 0 Å². The van der Waals surface area contributed by atoms with Crippen LogP contribution in [-0.2, 0) is 27.8 Å². The first-order valence-corrected chi connectivity index (χ1v) is 13.2. The number of carbonyl (C=O) groups excluding carboxylic acids is 1. The van der Waals surface area contributed by atoms with Crippen LogP contribution in [0.1, 0.15) is 36.7 Å². The smallest absolute Gasteiger partial charge is 0.271 e. The number of amides is 1. The Labute approximate surface area is 203 Å². The highest BCUT2D eigenvalue weighted by Crippen LogP contribution is 2.21. The molecule has 2 N–H and O–H groups in total. The number of nitrogens with zero attached hydrogens (tertiary/aromatic N) is 2. The molecule has 7 nitrogen and oxygen atoms in total. The third-order valence-corrected chi connectivity index (χ3v) is 7.94. The minimum absolute atomic E-state index is 0.144. The molecule has 1 amide bonds. The molecule has 4 aromatic rings. The molecule has 2 aromatic carbocycles. The molecule has 4 rings (SSSR count). The lowest BCUT2D eigenvalue weighted by Gasteiger charge is -2.12. The number of benzene rings is 2. The summed E-state index contributed by atoms with van der Waals surface area (Å²) in [6.45, 7) is 4.90. The van der Waals surface area contributed by atoms with E-state index in [2.05, 4.69) is 33.4 Å². The van der Waals surface area contributed by atoms with Crippen LogP contribution in [0, 0.1) is 0 Å². The van der Waals surface area contributed by atoms with Crippen LogP contribution >= 0.6 is 11.3 Å². The lowest BCUT2D eigenvalue weighted by molar-refractivity contribution is -0.115. The molecule has 0 aliphatic heterocycles. The average molecular weight is 495 g/mol. The van der Waals surface area contributed by atoms with Gasteiger partial charge in [-0.1, -0.05) is 44.2 Å². The van der Waals surface area contributed by atoms with Crippen LogP contribution in [0.2, 0.25) is 0 Å². The molecule has 0 fully saturated rings. The lowest BCUT2D eigenvalue weighted by Crippen LogP contribution is -2.15. The summed E-state index contributed by atoms with van der Waals surface area (Å²) in [6.07, 6.45) is 3.95. The first kappa shape index (κ1) is 23.7. The number of nitrogens with one attached hydrogen (secondary N) is 2. The number of hydrogen-bond donors (Lipinski definition) is 2. The Morgan fingerprint density at radius 1 is 1.03 bits per heavy atom. The van der Waals surface area contributed by atoms with E-state index in [0.29, 0.717) is 18.2 Å². The number of imidazole rings is 1. The van der Waals surface area contributed by atoms with E-state index in [9.17, 15) is 13.2 Å². The molecule has 0 saturated heterocycles. The zero-order chi connectivity index (χ0) is 24.1. The molecule has 0 bridgehead atoms. The Bertz CT molecular complexity index is 1360. The molecule has 0 atom stereocenters. The fourth-order valence-corrected chi connectivity index (χ4v) is 5.65. The minimum atomic E-state index is -3.59. The molecule has 9 heteroatoms. The summed E-state index contributed by atoms with van der Waals surface area (Å²) in [5.41, 5.74) is 3.03. The summed E-state index contributed by atoms with van der Waals surface area (Å²) < 4.78 is 29.6. The van der Waals surface area contributed by atoms with E-state index in [1.807, 2.05) is 30.5 Å². The van der Waals surface area contributed by atoms with Gasteiger partial charge in [0.1, 0.15) is 10.0 Å². The lowest BCUT2D eigenvalue weighted by atomic mass is 10.1. The zero-order valence-electron chi connectivity index (χ0n) is 18.9. The highest BCUT2D eigenvalue weighted by molar-refractivity contribution is 7.94. The van der Waals surface area contributed by atoms with Crippen molar-refractivity contribution in [3.05, 3.63) is 95.4 Å². The van der Waals surface area contributed by atoms with Crippen molar-refractivity contribution >= 4 is 38.6 Å². The second-order valence-corrected chi connectivity index (χ2v) is 11.1. The van der Waals surface area contributed by atoms with Crippen LogP contribution < -0.4 is 10.0 Å². The monoisotopic (exact) mass is 494 g/mol. The maximum atomic E-state index is 12.6. The maximum absolute atomic E-state index is 12.6. The van der Waals surface area contributed by atoms with E-state index in [-0.39, 0.29) is 16.5 Å². The number of anilines is 2. The predicted octanol–water partition coefficient (Wildman–Crippen LogP) is 5.10. The van der Waals surface area contributed by atoms with Crippen LogP contribution in [0.25, 0.3) is 0 Å². The summed E-state index contributed by atoms with van der Waals surface area (Å²) in [7, 11) is -3.59. The minimum Gasteiger partial charge on any atom is -0.330 e. The van der Waals surface area contributed by atoms with Crippen molar-refractivity contribution in [3.63, 3.8) is 0 Å². The summed E-state index contributed by atoms with van der Waals surface area (Å²) in [6, 6.07) is 17.8. The zero-order valence-corrected chi connectivity index (χ0v) is 20.6. The van der Waals surface area contributed by atoms with Gasteiger partial charge in [-0.15, -0.1) is 11.3 Å². The van der Waals surface area contributed by atoms with Gasteiger partial charge in [0, 0.05) is 36.2 Å². The van der Waals surface area contributed by atoms with Crippen LogP contribution in [0.3, 0.4) is 0 Å². The molecule has 2 aromatic heterocycles. The molecule has 2 heterocycles. The standard InChI is InChI=1S/C25H26N4O3S2/c1-18(2)25-26-12-13-29(25)17-20-5-3-6-22(15-20)27-23(30)16-19-8-10-21(11-9-19)28-34(31,32)24-7-4-14-33-24/h3-15,18,28H,16-17H2,1-2H3,(H,27,30). The van der Waals surface area contributed by atoms with Crippen LogP contribution in [0.4, 0.5) is 11.4 Å². The molecule has 34 heavy (non-hydrogen) atoms. The van der Waals surface area contributed by atoms with Gasteiger partial charge in [0.15, 0.2) is 0 Å². The molecule has 0 saturated carbocycles. The van der Waals surface area contributed by atoms with Gasteiger partial charge in [0.05, 0.1) is 6.42 Å². The number of carbonyl (C=O) groups is 1. The molecule has 0 aliphatic carbocycles. The van der Waals surface area contributed by atoms with E-state index < -0.39 is 10.0 Å². The largest absolute Gasteiger partial charge is 0.330 e. The molecule has 0 unspecified atom stereocenters. The fraction of sp³-hybridized carbons (Fsp3) is 0.200. The Kier molecular flexibility index (Phi) is 7.14. The van der Waals surface area contributed by atoms with Gasteiger partial charge in [-0.25, -0.2) is 13.4 Å². The highest BCUT2D eigenvalue weighted by Gasteiger charge is 2.15. The third-order valence-electron chi connectivity index (χ3n) is 5.16. The highest BCUT2D eigenvalue weighted by atomic mass is 32.2. The Morgan fingerprint density at radius 2 is 1.82 bits per heavy atom. The number of thiophene rings is 1. The van der Waals surface area contributed by atoms with Crippen molar-refractivity contribution < 1.29 is 13.2 Å². The first-order valence-electron chi connectivity index (χ1n) is 10.9. The molecule has 176 valence electrons.